The van der Waals surface area contributed by atoms with Crippen molar-refractivity contribution in [2.24, 2.45) is 4.99 Å². The van der Waals surface area contributed by atoms with E-state index < -0.39 is 0 Å². The lowest BCUT2D eigenvalue weighted by Gasteiger charge is -2.31. The molecule has 4 rings (SSSR count). The molecule has 7 nitrogen and oxygen atoms in total. The SMILES string of the molecule is Cc1ccc2c(c1)C(c1nnnn1C(C)(C)C)OC(=NC1CCCCC1)N2. The van der Waals surface area contributed by atoms with Crippen LogP contribution in [0, 0.1) is 6.92 Å². The second kappa shape index (κ2) is 6.94. The minimum absolute atomic E-state index is 0.238. The predicted octanol–water partition coefficient (Wildman–Crippen LogP) is 3.96. The van der Waals surface area contributed by atoms with Gasteiger partial charge in [0.25, 0.3) is 6.02 Å². The van der Waals surface area contributed by atoms with E-state index in [0.29, 0.717) is 17.9 Å². The Morgan fingerprint density at radius 3 is 2.70 bits per heavy atom. The van der Waals surface area contributed by atoms with Crippen molar-refractivity contribution in [3.63, 3.8) is 0 Å². The van der Waals surface area contributed by atoms with Gasteiger partial charge in [-0.05, 0) is 63.1 Å². The molecular weight excluding hydrogens is 340 g/mol. The van der Waals surface area contributed by atoms with E-state index in [2.05, 4.69) is 66.7 Å². The van der Waals surface area contributed by atoms with Crippen molar-refractivity contribution in [2.75, 3.05) is 5.32 Å². The summed E-state index contributed by atoms with van der Waals surface area (Å²) in [5, 5.41) is 15.8. The van der Waals surface area contributed by atoms with Gasteiger partial charge in [0.05, 0.1) is 11.6 Å². The van der Waals surface area contributed by atoms with Gasteiger partial charge in [0.2, 0.25) is 0 Å². The second-order valence-electron chi connectivity index (χ2n) is 8.56. The smallest absolute Gasteiger partial charge is 0.290 e. The molecule has 2 aliphatic rings. The van der Waals surface area contributed by atoms with E-state index in [-0.39, 0.29) is 11.6 Å². The zero-order chi connectivity index (χ0) is 19.0. The van der Waals surface area contributed by atoms with Crippen LogP contribution < -0.4 is 5.32 Å². The van der Waals surface area contributed by atoms with Crippen LogP contribution in [-0.4, -0.2) is 32.3 Å². The lowest BCUT2D eigenvalue weighted by molar-refractivity contribution is 0.193. The maximum atomic E-state index is 6.33. The summed E-state index contributed by atoms with van der Waals surface area (Å²) in [5.41, 5.74) is 2.98. The molecule has 1 aromatic heterocycles. The molecule has 2 aromatic rings. The molecule has 1 fully saturated rings. The highest BCUT2D eigenvalue weighted by Crippen LogP contribution is 2.36. The largest absolute Gasteiger partial charge is 0.448 e. The second-order valence-corrected chi connectivity index (χ2v) is 8.56. The number of tetrazole rings is 1. The van der Waals surface area contributed by atoms with Crippen LogP contribution in [-0.2, 0) is 10.3 Å². The number of amidine groups is 1. The summed E-state index contributed by atoms with van der Waals surface area (Å²) < 4.78 is 8.17. The zero-order valence-corrected chi connectivity index (χ0v) is 16.6. The summed E-state index contributed by atoms with van der Waals surface area (Å²) in [5.74, 6) is 0.701. The number of ether oxygens (including phenoxy) is 1. The topological polar surface area (TPSA) is 77.2 Å². The van der Waals surface area contributed by atoms with Gasteiger partial charge in [-0.2, -0.15) is 0 Å². The summed E-state index contributed by atoms with van der Waals surface area (Å²) in [4.78, 5) is 4.87. The average molecular weight is 368 g/mol. The highest BCUT2D eigenvalue weighted by molar-refractivity contribution is 5.92. The van der Waals surface area contributed by atoms with Gasteiger partial charge in [0.15, 0.2) is 11.9 Å². The fourth-order valence-electron chi connectivity index (χ4n) is 3.80. The van der Waals surface area contributed by atoms with E-state index in [4.69, 9.17) is 9.73 Å². The van der Waals surface area contributed by atoms with Gasteiger partial charge >= 0.3 is 0 Å². The minimum atomic E-state index is -0.377. The molecule has 0 amide bonds. The van der Waals surface area contributed by atoms with Crippen LogP contribution in [0.4, 0.5) is 5.69 Å². The molecule has 2 heterocycles. The summed E-state index contributed by atoms with van der Waals surface area (Å²) >= 11 is 0. The number of aliphatic imine (C=N–C) groups is 1. The van der Waals surface area contributed by atoms with Gasteiger partial charge in [-0.1, -0.05) is 30.9 Å². The number of benzene rings is 1. The molecule has 1 aliphatic heterocycles. The quantitative estimate of drug-likeness (QED) is 0.868. The Morgan fingerprint density at radius 1 is 1.19 bits per heavy atom. The van der Waals surface area contributed by atoms with Gasteiger partial charge < -0.3 is 10.1 Å². The Balaban J connectivity index is 1.74. The van der Waals surface area contributed by atoms with Gasteiger partial charge in [-0.15, -0.1) is 5.10 Å². The first kappa shape index (κ1) is 17.9. The Morgan fingerprint density at radius 2 is 1.96 bits per heavy atom. The van der Waals surface area contributed by atoms with E-state index in [9.17, 15) is 0 Å². The highest BCUT2D eigenvalue weighted by Gasteiger charge is 2.34. The molecule has 0 saturated heterocycles. The van der Waals surface area contributed by atoms with Crippen LogP contribution in [0.1, 0.15) is 75.9 Å². The lowest BCUT2D eigenvalue weighted by atomic mass is 9.96. The number of fused-ring (bicyclic) bond motifs is 1. The number of hydrogen-bond donors (Lipinski definition) is 1. The molecule has 1 atom stereocenters. The molecule has 0 radical (unpaired) electrons. The molecule has 1 N–H and O–H groups in total. The number of rotatable bonds is 2. The predicted molar refractivity (Wildman–Crippen MR) is 105 cm³/mol. The fourth-order valence-corrected chi connectivity index (χ4v) is 3.80. The van der Waals surface area contributed by atoms with Gasteiger partial charge in [0, 0.05) is 11.3 Å². The Kier molecular flexibility index (Phi) is 4.61. The Labute approximate surface area is 160 Å². The minimum Gasteiger partial charge on any atom is -0.448 e. The molecule has 1 aromatic carbocycles. The van der Waals surface area contributed by atoms with Crippen molar-refractivity contribution in [2.45, 2.75) is 77.5 Å². The van der Waals surface area contributed by atoms with Gasteiger partial charge in [-0.3, -0.25) is 0 Å². The highest BCUT2D eigenvalue weighted by atomic mass is 16.5. The first-order chi connectivity index (χ1) is 12.9. The van der Waals surface area contributed by atoms with Crippen molar-refractivity contribution < 1.29 is 4.74 Å². The summed E-state index contributed by atoms with van der Waals surface area (Å²) in [7, 11) is 0. The summed E-state index contributed by atoms with van der Waals surface area (Å²) in [6.45, 7) is 8.34. The molecule has 1 saturated carbocycles. The van der Waals surface area contributed by atoms with Crippen molar-refractivity contribution in [3.05, 3.63) is 35.2 Å². The molecule has 27 heavy (non-hydrogen) atoms. The monoisotopic (exact) mass is 368 g/mol. The van der Waals surface area contributed by atoms with Crippen molar-refractivity contribution >= 4 is 11.7 Å². The van der Waals surface area contributed by atoms with E-state index in [0.717, 1.165) is 24.1 Å². The lowest BCUT2D eigenvalue weighted by Crippen LogP contribution is -2.33. The molecule has 7 heteroatoms. The first-order valence-corrected chi connectivity index (χ1v) is 9.82. The van der Waals surface area contributed by atoms with Crippen LogP contribution >= 0.6 is 0 Å². The van der Waals surface area contributed by atoms with Crippen molar-refractivity contribution in [3.8, 4) is 0 Å². The van der Waals surface area contributed by atoms with Crippen LogP contribution in [0.25, 0.3) is 0 Å². The van der Waals surface area contributed by atoms with Crippen molar-refractivity contribution in [1.82, 2.24) is 20.2 Å². The third-order valence-electron chi connectivity index (χ3n) is 5.20. The molecule has 0 spiro atoms. The number of aromatic nitrogens is 4. The maximum Gasteiger partial charge on any atom is 0.290 e. The Bertz CT molecular complexity index is 844. The molecule has 1 unspecified atom stereocenters. The number of anilines is 1. The van der Waals surface area contributed by atoms with Crippen LogP contribution in [0.3, 0.4) is 0 Å². The molecular formula is C20H28N6O. The summed E-state index contributed by atoms with van der Waals surface area (Å²) in [6, 6.07) is 7.21. The number of nitrogens with zero attached hydrogens (tertiary/aromatic N) is 5. The third-order valence-corrected chi connectivity index (χ3v) is 5.20. The van der Waals surface area contributed by atoms with Crippen molar-refractivity contribution in [1.29, 1.82) is 0 Å². The van der Waals surface area contributed by atoms with E-state index >= 15 is 0 Å². The van der Waals surface area contributed by atoms with E-state index in [1.165, 1.54) is 24.8 Å². The maximum absolute atomic E-state index is 6.33. The number of hydrogen-bond acceptors (Lipinski definition) is 5. The average Bonchev–Trinajstić information content (AvgIpc) is 3.12. The normalized spacial score (nSPS) is 22.2. The standard InChI is InChI=1S/C20H28N6O/c1-13-10-11-16-15(12-13)17(18-23-24-25-26(18)20(2,3)4)27-19(22-16)21-14-8-6-5-7-9-14/h10-12,14,17H,5-9H2,1-4H3,(H,21,22). The number of aryl methyl sites for hydroxylation is 1. The van der Waals surface area contributed by atoms with Gasteiger partial charge in [-0.25, -0.2) is 9.67 Å². The van der Waals surface area contributed by atoms with Gasteiger partial charge in [0.1, 0.15) is 0 Å². The first-order valence-electron chi connectivity index (χ1n) is 9.82. The summed E-state index contributed by atoms with van der Waals surface area (Å²) in [6.07, 6.45) is 5.66. The number of nitrogens with one attached hydrogen (secondary N) is 1. The van der Waals surface area contributed by atoms with Crippen LogP contribution in [0.15, 0.2) is 23.2 Å². The fraction of sp³-hybridized carbons (Fsp3) is 0.600. The van der Waals surface area contributed by atoms with E-state index in [1.807, 2.05) is 4.68 Å². The molecule has 1 aliphatic carbocycles. The molecule has 144 valence electrons. The Hall–Kier alpha value is -2.44. The molecule has 0 bridgehead atoms. The third kappa shape index (κ3) is 3.68. The van der Waals surface area contributed by atoms with Crippen LogP contribution in [0.2, 0.25) is 0 Å². The van der Waals surface area contributed by atoms with E-state index in [1.54, 1.807) is 0 Å². The van der Waals surface area contributed by atoms with Crippen LogP contribution in [0.5, 0.6) is 0 Å². The zero-order valence-electron chi connectivity index (χ0n) is 16.6.